The molecular formula is C22H18N4. The van der Waals surface area contributed by atoms with E-state index in [1.165, 1.54) is 17.5 Å². The Kier molecular flexibility index (Phi) is 3.39. The molecule has 26 heavy (non-hydrogen) atoms. The van der Waals surface area contributed by atoms with Crippen molar-refractivity contribution in [3.63, 3.8) is 0 Å². The van der Waals surface area contributed by atoms with Gasteiger partial charge in [-0.15, -0.1) is 0 Å². The Morgan fingerprint density at radius 1 is 1.00 bits per heavy atom. The van der Waals surface area contributed by atoms with E-state index < -0.39 is 0 Å². The van der Waals surface area contributed by atoms with Crippen molar-refractivity contribution in [1.29, 1.82) is 5.26 Å². The molecule has 2 aromatic heterocycles. The average Bonchev–Trinajstić information content (AvgIpc) is 3.06. The van der Waals surface area contributed by atoms with Crippen molar-refractivity contribution in [2.24, 2.45) is 0 Å². The lowest BCUT2D eigenvalue weighted by Gasteiger charge is -2.18. The zero-order chi connectivity index (χ0) is 17.5. The number of nitrogens with one attached hydrogen (secondary N) is 1. The quantitative estimate of drug-likeness (QED) is 0.561. The fourth-order valence-electron chi connectivity index (χ4n) is 3.99. The largest absolute Gasteiger partial charge is 0.354 e. The molecule has 0 atom stereocenters. The van der Waals surface area contributed by atoms with Crippen LogP contribution in [0.15, 0.2) is 54.7 Å². The van der Waals surface area contributed by atoms with E-state index in [4.69, 9.17) is 4.98 Å². The maximum Gasteiger partial charge on any atom is 0.156 e. The number of hydrogen-bond donors (Lipinski definition) is 1. The van der Waals surface area contributed by atoms with Crippen molar-refractivity contribution in [2.45, 2.75) is 25.7 Å². The van der Waals surface area contributed by atoms with Crippen LogP contribution in [0, 0.1) is 11.3 Å². The van der Waals surface area contributed by atoms with Crippen LogP contribution in [0.3, 0.4) is 0 Å². The number of benzene rings is 2. The minimum Gasteiger partial charge on any atom is -0.354 e. The molecule has 0 fully saturated rings. The zero-order valence-electron chi connectivity index (χ0n) is 14.4. The number of nitriles is 1. The van der Waals surface area contributed by atoms with E-state index in [0.29, 0.717) is 0 Å². The summed E-state index contributed by atoms with van der Waals surface area (Å²) in [6, 6.07) is 18.6. The number of rotatable bonds is 2. The van der Waals surface area contributed by atoms with Gasteiger partial charge in [-0.3, -0.25) is 4.40 Å². The van der Waals surface area contributed by atoms with Gasteiger partial charge in [0.05, 0.1) is 22.3 Å². The lowest BCUT2D eigenvalue weighted by atomic mass is 9.90. The Bertz CT molecular complexity index is 1170. The van der Waals surface area contributed by atoms with Crippen LogP contribution in [0.1, 0.15) is 29.5 Å². The Morgan fingerprint density at radius 3 is 2.69 bits per heavy atom. The van der Waals surface area contributed by atoms with Gasteiger partial charge in [-0.05, 0) is 61.1 Å². The molecule has 1 aliphatic carbocycles. The minimum absolute atomic E-state index is 0.740. The minimum atomic E-state index is 0.740. The highest BCUT2D eigenvalue weighted by molar-refractivity contribution is 5.94. The first-order chi connectivity index (χ1) is 12.8. The van der Waals surface area contributed by atoms with Gasteiger partial charge in [-0.2, -0.15) is 5.26 Å². The second-order valence-corrected chi connectivity index (χ2v) is 6.80. The van der Waals surface area contributed by atoms with Gasteiger partial charge < -0.3 is 5.32 Å². The first kappa shape index (κ1) is 15.0. The summed E-state index contributed by atoms with van der Waals surface area (Å²) >= 11 is 0. The summed E-state index contributed by atoms with van der Waals surface area (Å²) in [5.41, 5.74) is 7.96. The molecule has 0 amide bonds. The summed E-state index contributed by atoms with van der Waals surface area (Å²) < 4.78 is 2.10. The predicted molar refractivity (Wildman–Crippen MR) is 104 cm³/mol. The Hall–Kier alpha value is -3.32. The Morgan fingerprint density at radius 2 is 1.85 bits per heavy atom. The van der Waals surface area contributed by atoms with Gasteiger partial charge in [-0.25, -0.2) is 4.98 Å². The summed E-state index contributed by atoms with van der Waals surface area (Å²) in [5, 5.41) is 13.3. The van der Waals surface area contributed by atoms with E-state index in [-0.39, 0.29) is 0 Å². The molecule has 0 spiro atoms. The monoisotopic (exact) mass is 338 g/mol. The molecule has 1 N–H and O–H groups in total. The normalized spacial score (nSPS) is 13.5. The molecular weight excluding hydrogens is 320 g/mol. The number of para-hydroxylation sites is 2. The molecule has 0 aliphatic heterocycles. The Balaban J connectivity index is 1.80. The van der Waals surface area contributed by atoms with Crippen LogP contribution in [0.5, 0.6) is 0 Å². The van der Waals surface area contributed by atoms with Crippen molar-refractivity contribution in [3.05, 3.63) is 71.4 Å². The third-order valence-electron chi connectivity index (χ3n) is 5.20. The lowest BCUT2D eigenvalue weighted by molar-refractivity contribution is 0.680. The maximum absolute atomic E-state index is 9.80. The van der Waals surface area contributed by atoms with E-state index in [9.17, 15) is 5.26 Å². The number of aryl methyl sites for hydroxylation is 1. The van der Waals surface area contributed by atoms with Crippen LogP contribution >= 0.6 is 0 Å². The van der Waals surface area contributed by atoms with Gasteiger partial charge in [-0.1, -0.05) is 24.3 Å². The van der Waals surface area contributed by atoms with E-state index >= 15 is 0 Å². The van der Waals surface area contributed by atoms with Crippen LogP contribution in [-0.2, 0) is 12.8 Å². The van der Waals surface area contributed by atoms with E-state index in [1.54, 1.807) is 0 Å². The van der Waals surface area contributed by atoms with E-state index in [1.807, 2.05) is 42.5 Å². The number of imidazole rings is 1. The zero-order valence-corrected chi connectivity index (χ0v) is 14.4. The molecule has 0 unspecified atom stereocenters. The summed E-state index contributed by atoms with van der Waals surface area (Å²) in [6.45, 7) is 0. The summed E-state index contributed by atoms with van der Waals surface area (Å²) in [7, 11) is 0. The van der Waals surface area contributed by atoms with Crippen LogP contribution < -0.4 is 5.32 Å². The van der Waals surface area contributed by atoms with Gasteiger partial charge in [0.1, 0.15) is 6.07 Å². The molecule has 2 heterocycles. The molecule has 0 saturated heterocycles. The molecule has 0 radical (unpaired) electrons. The molecule has 2 aromatic carbocycles. The van der Waals surface area contributed by atoms with Crippen molar-refractivity contribution < 1.29 is 0 Å². The smallest absolute Gasteiger partial charge is 0.156 e. The van der Waals surface area contributed by atoms with Crippen LogP contribution in [0.2, 0.25) is 0 Å². The fraction of sp³-hybridized carbons (Fsp3) is 0.182. The summed E-state index contributed by atoms with van der Waals surface area (Å²) in [4.78, 5) is 4.80. The first-order valence-corrected chi connectivity index (χ1v) is 9.03. The predicted octanol–water partition coefficient (Wildman–Crippen LogP) is 4.98. The summed E-state index contributed by atoms with van der Waals surface area (Å²) in [5.74, 6) is 0. The van der Waals surface area contributed by atoms with E-state index in [2.05, 4.69) is 28.0 Å². The number of fused-ring (bicyclic) bond motifs is 4. The third-order valence-corrected chi connectivity index (χ3v) is 5.20. The van der Waals surface area contributed by atoms with Gasteiger partial charge >= 0.3 is 0 Å². The number of nitrogens with zero attached hydrogens (tertiary/aromatic N) is 3. The number of aromatic nitrogens is 2. The molecule has 1 aliphatic rings. The van der Waals surface area contributed by atoms with Crippen molar-refractivity contribution in [1.82, 2.24) is 9.38 Å². The second-order valence-electron chi connectivity index (χ2n) is 6.80. The fourth-order valence-corrected chi connectivity index (χ4v) is 3.99. The van der Waals surface area contributed by atoms with Crippen molar-refractivity contribution in [3.8, 4) is 6.07 Å². The van der Waals surface area contributed by atoms with Crippen LogP contribution in [0.4, 0.5) is 11.4 Å². The molecule has 5 rings (SSSR count). The molecule has 4 aromatic rings. The first-order valence-electron chi connectivity index (χ1n) is 9.03. The van der Waals surface area contributed by atoms with Crippen molar-refractivity contribution in [2.75, 3.05) is 5.32 Å². The Labute approximate surface area is 151 Å². The van der Waals surface area contributed by atoms with Crippen LogP contribution in [-0.4, -0.2) is 9.38 Å². The average molecular weight is 338 g/mol. The highest BCUT2D eigenvalue weighted by Gasteiger charge is 2.20. The van der Waals surface area contributed by atoms with Crippen LogP contribution in [0.25, 0.3) is 16.7 Å². The number of anilines is 2. The molecule has 4 nitrogen and oxygen atoms in total. The summed E-state index contributed by atoms with van der Waals surface area (Å²) in [6.07, 6.45) is 6.54. The standard InChI is InChI=1S/C22H18N4/c23-13-18-17-10-5-4-7-15(17)14-26-21-19(24-16-8-2-1-3-9-16)11-6-12-20(21)25-22(18)26/h1-3,6,8-9,11-12,14,24H,4-5,7,10H2. The number of pyridine rings is 1. The maximum atomic E-state index is 9.80. The molecule has 0 saturated carbocycles. The van der Waals surface area contributed by atoms with Gasteiger partial charge in [0.2, 0.25) is 0 Å². The highest BCUT2D eigenvalue weighted by atomic mass is 15.0. The molecule has 4 heteroatoms. The molecule has 126 valence electrons. The van der Waals surface area contributed by atoms with Gasteiger partial charge in [0, 0.05) is 11.9 Å². The highest BCUT2D eigenvalue weighted by Crippen LogP contribution is 2.32. The third kappa shape index (κ3) is 2.25. The van der Waals surface area contributed by atoms with E-state index in [0.717, 1.165) is 52.9 Å². The van der Waals surface area contributed by atoms with Crippen molar-refractivity contribution >= 4 is 28.1 Å². The topological polar surface area (TPSA) is 53.1 Å². The second kappa shape index (κ2) is 5.89. The van der Waals surface area contributed by atoms with Gasteiger partial charge in [0.15, 0.2) is 5.65 Å². The lowest BCUT2D eigenvalue weighted by Crippen LogP contribution is -2.08. The number of hydrogen-bond acceptors (Lipinski definition) is 3. The SMILES string of the molecule is N#Cc1c2c(cn3c1nc1cccc(Nc4ccccc4)c13)CCCC2. The molecule has 0 bridgehead atoms. The van der Waals surface area contributed by atoms with Gasteiger partial charge in [0.25, 0.3) is 0 Å².